The maximum absolute atomic E-state index is 7.44. The highest BCUT2D eigenvalue weighted by Crippen LogP contribution is 2.19. The second-order valence-electron chi connectivity index (χ2n) is 5.12. The Bertz CT molecular complexity index is 424. The third-order valence-electron chi connectivity index (χ3n) is 3.63. The molecule has 5 heteroatoms. The van der Waals surface area contributed by atoms with Crippen LogP contribution in [0.5, 0.6) is 0 Å². The van der Waals surface area contributed by atoms with Crippen molar-refractivity contribution in [1.29, 1.82) is 5.41 Å². The fourth-order valence-electron chi connectivity index (χ4n) is 2.33. The van der Waals surface area contributed by atoms with Crippen LogP contribution in [0.25, 0.3) is 0 Å². The van der Waals surface area contributed by atoms with Crippen molar-refractivity contribution >= 4 is 23.1 Å². The van der Waals surface area contributed by atoms with Crippen LogP contribution in [0.2, 0.25) is 5.02 Å². The summed E-state index contributed by atoms with van der Waals surface area (Å²) in [7, 11) is 0. The Balaban J connectivity index is 1.85. The first-order valence-corrected chi connectivity index (χ1v) is 7.01. The van der Waals surface area contributed by atoms with Crippen molar-refractivity contribution in [2.75, 3.05) is 37.6 Å². The summed E-state index contributed by atoms with van der Waals surface area (Å²) in [4.78, 5) is 4.74. The molecule has 1 fully saturated rings. The van der Waals surface area contributed by atoms with Crippen molar-refractivity contribution in [1.82, 2.24) is 4.90 Å². The molecule has 0 aliphatic carbocycles. The molecular weight excluding hydrogens is 260 g/mol. The highest BCUT2D eigenvalue weighted by molar-refractivity contribution is 6.30. The van der Waals surface area contributed by atoms with Crippen LogP contribution in [0.1, 0.15) is 6.92 Å². The number of piperazine rings is 1. The molecule has 1 aromatic rings. The molecule has 1 unspecified atom stereocenters. The van der Waals surface area contributed by atoms with E-state index in [0.29, 0.717) is 0 Å². The minimum atomic E-state index is 0.141. The van der Waals surface area contributed by atoms with Gasteiger partial charge in [0.25, 0.3) is 0 Å². The molecule has 0 aromatic heterocycles. The van der Waals surface area contributed by atoms with Crippen LogP contribution in [0.3, 0.4) is 0 Å². The molecule has 0 saturated carbocycles. The summed E-state index contributed by atoms with van der Waals surface area (Å²) in [6, 6.07) is 7.99. The fourth-order valence-corrected chi connectivity index (χ4v) is 2.45. The Labute approximate surface area is 119 Å². The molecule has 0 radical (unpaired) electrons. The quantitative estimate of drug-likeness (QED) is 0.655. The second-order valence-corrected chi connectivity index (χ2v) is 5.56. The Morgan fingerprint density at radius 2 is 1.84 bits per heavy atom. The lowest BCUT2D eigenvalue weighted by Crippen LogP contribution is -2.48. The van der Waals surface area contributed by atoms with Crippen LogP contribution >= 0.6 is 11.6 Å². The minimum Gasteiger partial charge on any atom is -0.387 e. The zero-order chi connectivity index (χ0) is 13.8. The predicted octanol–water partition coefficient (Wildman–Crippen LogP) is 2.03. The summed E-state index contributed by atoms with van der Waals surface area (Å²) in [5.41, 5.74) is 6.74. The maximum atomic E-state index is 7.44. The van der Waals surface area contributed by atoms with Crippen molar-refractivity contribution in [3.8, 4) is 0 Å². The predicted molar refractivity (Wildman–Crippen MR) is 81.2 cm³/mol. The Morgan fingerprint density at radius 1 is 1.26 bits per heavy atom. The van der Waals surface area contributed by atoms with E-state index in [1.54, 1.807) is 0 Å². The number of hydrogen-bond acceptors (Lipinski definition) is 3. The van der Waals surface area contributed by atoms with Gasteiger partial charge in [0, 0.05) is 49.4 Å². The molecule has 0 spiro atoms. The molecule has 4 nitrogen and oxygen atoms in total. The fraction of sp³-hybridized carbons (Fsp3) is 0.500. The molecule has 1 aliphatic heterocycles. The molecule has 0 bridgehead atoms. The van der Waals surface area contributed by atoms with E-state index < -0.39 is 0 Å². The highest BCUT2D eigenvalue weighted by atomic mass is 35.5. The van der Waals surface area contributed by atoms with E-state index in [0.717, 1.165) is 37.7 Å². The van der Waals surface area contributed by atoms with Gasteiger partial charge in [-0.25, -0.2) is 0 Å². The van der Waals surface area contributed by atoms with E-state index in [-0.39, 0.29) is 11.8 Å². The van der Waals surface area contributed by atoms with Crippen LogP contribution in [0, 0.1) is 11.3 Å². The molecule has 1 atom stereocenters. The third kappa shape index (κ3) is 3.85. The highest BCUT2D eigenvalue weighted by Gasteiger charge is 2.19. The number of rotatable bonds is 4. The third-order valence-corrected chi connectivity index (χ3v) is 3.88. The summed E-state index contributed by atoms with van der Waals surface area (Å²) >= 11 is 5.90. The SMILES string of the molecule is CC(CN1CCN(c2ccc(Cl)cc2)CC1)C(=N)N. The molecule has 19 heavy (non-hydrogen) atoms. The van der Waals surface area contributed by atoms with Gasteiger partial charge in [-0.15, -0.1) is 0 Å². The zero-order valence-corrected chi connectivity index (χ0v) is 12.0. The van der Waals surface area contributed by atoms with E-state index in [4.69, 9.17) is 22.7 Å². The molecule has 1 saturated heterocycles. The zero-order valence-electron chi connectivity index (χ0n) is 11.3. The number of nitrogens with zero attached hydrogens (tertiary/aromatic N) is 2. The van der Waals surface area contributed by atoms with E-state index in [9.17, 15) is 0 Å². The van der Waals surface area contributed by atoms with Gasteiger partial charge in [-0.2, -0.15) is 0 Å². The molecule has 104 valence electrons. The van der Waals surface area contributed by atoms with Gasteiger partial charge < -0.3 is 10.6 Å². The molecule has 1 aliphatic rings. The normalized spacial score (nSPS) is 18.3. The number of nitrogens with two attached hydrogens (primary N) is 1. The topological polar surface area (TPSA) is 56.4 Å². The average Bonchev–Trinajstić information content (AvgIpc) is 2.40. The number of halogens is 1. The first-order chi connectivity index (χ1) is 9.06. The first-order valence-electron chi connectivity index (χ1n) is 6.63. The number of anilines is 1. The Hall–Kier alpha value is -1.26. The van der Waals surface area contributed by atoms with Gasteiger partial charge in [-0.3, -0.25) is 10.3 Å². The van der Waals surface area contributed by atoms with E-state index in [1.165, 1.54) is 5.69 Å². The molecule has 1 aromatic carbocycles. The van der Waals surface area contributed by atoms with Crippen LogP contribution in [-0.4, -0.2) is 43.5 Å². The summed E-state index contributed by atoms with van der Waals surface area (Å²) in [6.45, 7) is 6.93. The number of benzene rings is 1. The molecule has 3 N–H and O–H groups in total. The Kier molecular flexibility index (Phi) is 4.66. The number of amidine groups is 1. The van der Waals surface area contributed by atoms with E-state index >= 15 is 0 Å². The van der Waals surface area contributed by atoms with Gasteiger partial charge in [-0.05, 0) is 24.3 Å². The van der Waals surface area contributed by atoms with E-state index in [1.807, 2.05) is 19.1 Å². The van der Waals surface area contributed by atoms with Crippen LogP contribution in [0.15, 0.2) is 24.3 Å². The van der Waals surface area contributed by atoms with Gasteiger partial charge in [0.05, 0.1) is 5.84 Å². The van der Waals surface area contributed by atoms with Crippen molar-refractivity contribution in [2.24, 2.45) is 11.7 Å². The molecule has 0 amide bonds. The van der Waals surface area contributed by atoms with Crippen LogP contribution in [0.4, 0.5) is 5.69 Å². The smallest absolute Gasteiger partial charge is 0.0947 e. The van der Waals surface area contributed by atoms with Gasteiger partial charge in [0.1, 0.15) is 0 Å². The van der Waals surface area contributed by atoms with Crippen molar-refractivity contribution in [3.05, 3.63) is 29.3 Å². The standard InChI is InChI=1S/C14H21ClN4/c1-11(14(16)17)10-18-6-8-19(9-7-18)13-4-2-12(15)3-5-13/h2-5,11H,6-10H2,1H3,(H3,16,17). The molecule has 2 rings (SSSR count). The van der Waals surface area contributed by atoms with Gasteiger partial charge in [0.15, 0.2) is 0 Å². The van der Waals surface area contributed by atoms with Crippen molar-refractivity contribution in [2.45, 2.75) is 6.92 Å². The van der Waals surface area contributed by atoms with E-state index in [2.05, 4.69) is 21.9 Å². The van der Waals surface area contributed by atoms with Crippen LogP contribution < -0.4 is 10.6 Å². The number of nitrogens with one attached hydrogen (secondary N) is 1. The summed E-state index contributed by atoms with van der Waals surface area (Å²) < 4.78 is 0. The largest absolute Gasteiger partial charge is 0.387 e. The lowest BCUT2D eigenvalue weighted by Gasteiger charge is -2.37. The van der Waals surface area contributed by atoms with Gasteiger partial charge in [0.2, 0.25) is 0 Å². The summed E-state index contributed by atoms with van der Waals surface area (Å²) in [5.74, 6) is 0.419. The monoisotopic (exact) mass is 280 g/mol. The van der Waals surface area contributed by atoms with Crippen molar-refractivity contribution < 1.29 is 0 Å². The molecule has 1 heterocycles. The van der Waals surface area contributed by atoms with Gasteiger partial charge in [-0.1, -0.05) is 18.5 Å². The second kappa shape index (κ2) is 6.26. The lowest BCUT2D eigenvalue weighted by molar-refractivity contribution is 0.243. The minimum absolute atomic E-state index is 0.141. The van der Waals surface area contributed by atoms with Gasteiger partial charge >= 0.3 is 0 Å². The average molecular weight is 281 g/mol. The lowest BCUT2D eigenvalue weighted by atomic mass is 10.1. The summed E-state index contributed by atoms with van der Waals surface area (Å²) in [5, 5.41) is 8.22. The van der Waals surface area contributed by atoms with Crippen molar-refractivity contribution in [3.63, 3.8) is 0 Å². The molecular formula is C14H21ClN4. The Morgan fingerprint density at radius 3 is 2.37 bits per heavy atom. The number of hydrogen-bond donors (Lipinski definition) is 2. The maximum Gasteiger partial charge on any atom is 0.0947 e. The first kappa shape index (κ1) is 14.2. The van der Waals surface area contributed by atoms with Crippen LogP contribution in [-0.2, 0) is 0 Å². The summed E-state index contributed by atoms with van der Waals surface area (Å²) in [6.07, 6.45) is 0.